The molecule has 0 unspecified atom stereocenters. The first-order valence-electron chi connectivity index (χ1n) is 15.3. The summed E-state index contributed by atoms with van der Waals surface area (Å²) < 4.78 is 11.6. The van der Waals surface area contributed by atoms with Crippen LogP contribution < -0.4 is 16.3 Å². The van der Waals surface area contributed by atoms with Gasteiger partial charge in [-0.1, -0.05) is 24.6 Å². The molecular weight excluding hydrogens is 574 g/mol. The van der Waals surface area contributed by atoms with Crippen molar-refractivity contribution in [1.82, 2.24) is 15.6 Å². The first kappa shape index (κ1) is 31.6. The van der Waals surface area contributed by atoms with Gasteiger partial charge in [0.05, 0.1) is 0 Å². The number of furan rings is 1. The van der Waals surface area contributed by atoms with Crippen LogP contribution in [-0.4, -0.2) is 40.5 Å². The number of amides is 2. The van der Waals surface area contributed by atoms with Crippen molar-refractivity contribution < 1.29 is 28.3 Å². The van der Waals surface area contributed by atoms with E-state index in [1.807, 2.05) is 58.0 Å². The summed E-state index contributed by atoms with van der Waals surface area (Å²) in [6.07, 6.45) is 4.52. The van der Waals surface area contributed by atoms with Gasteiger partial charge in [-0.25, -0.2) is 9.59 Å². The number of para-hydroxylation sites is 1. The van der Waals surface area contributed by atoms with Crippen LogP contribution in [0.15, 0.2) is 50.2 Å². The highest BCUT2D eigenvalue weighted by molar-refractivity contribution is 6.00. The lowest BCUT2D eigenvalue weighted by atomic mass is 9.98. The molecule has 0 radical (unpaired) electrons. The number of benzene rings is 2. The molecule has 5 rings (SSSR count). The van der Waals surface area contributed by atoms with Crippen molar-refractivity contribution in [2.45, 2.75) is 78.7 Å². The molecule has 3 aromatic heterocycles. The third-order valence-electron chi connectivity index (χ3n) is 8.68. The number of aromatic nitrogens is 1. The average molecular weight is 614 g/mol. The summed E-state index contributed by atoms with van der Waals surface area (Å²) in [7, 11) is 0. The fourth-order valence-corrected chi connectivity index (χ4v) is 5.91. The molecular formula is C35H39N3O7. The van der Waals surface area contributed by atoms with Crippen molar-refractivity contribution in [2.75, 3.05) is 6.54 Å². The van der Waals surface area contributed by atoms with E-state index in [9.17, 15) is 24.3 Å². The van der Waals surface area contributed by atoms with Gasteiger partial charge in [0.2, 0.25) is 11.8 Å². The second-order valence-corrected chi connectivity index (χ2v) is 11.7. The van der Waals surface area contributed by atoms with E-state index in [2.05, 4.69) is 15.6 Å². The van der Waals surface area contributed by atoms with E-state index < -0.39 is 17.6 Å². The Bertz CT molecular complexity index is 1960. The summed E-state index contributed by atoms with van der Waals surface area (Å²) in [4.78, 5) is 52.8. The SMILES string of the molecule is Cc1oc2c(C)c3oc(=O)c(CCC(=O)NCCCCCC(=O)N[C@@H](Cc4c[nH]c5ccccc45)C(=O)O)c(C)c3cc2c1C. The molecule has 2 amide bonds. The van der Waals surface area contributed by atoms with Gasteiger partial charge in [-0.3, -0.25) is 9.59 Å². The van der Waals surface area contributed by atoms with Crippen LogP contribution in [0.25, 0.3) is 32.8 Å². The molecule has 45 heavy (non-hydrogen) atoms. The molecule has 4 N–H and O–H groups in total. The van der Waals surface area contributed by atoms with Crippen LogP contribution in [0.4, 0.5) is 0 Å². The average Bonchev–Trinajstić information content (AvgIpc) is 3.55. The van der Waals surface area contributed by atoms with Crippen molar-refractivity contribution in [2.24, 2.45) is 0 Å². The maximum atomic E-state index is 12.9. The van der Waals surface area contributed by atoms with Gasteiger partial charge in [-0.2, -0.15) is 0 Å². The van der Waals surface area contributed by atoms with Gasteiger partial charge in [0.25, 0.3) is 0 Å². The molecule has 10 heteroatoms. The number of nitrogens with one attached hydrogen (secondary N) is 3. The van der Waals surface area contributed by atoms with Crippen molar-refractivity contribution in [1.29, 1.82) is 0 Å². The lowest BCUT2D eigenvalue weighted by Crippen LogP contribution is -2.42. The number of carbonyl (C=O) groups is 3. The van der Waals surface area contributed by atoms with E-state index in [1.165, 1.54) is 0 Å². The monoisotopic (exact) mass is 613 g/mol. The lowest BCUT2D eigenvalue weighted by Gasteiger charge is -2.14. The molecule has 10 nitrogen and oxygen atoms in total. The number of aliphatic carboxylic acids is 1. The van der Waals surface area contributed by atoms with Crippen LogP contribution >= 0.6 is 0 Å². The van der Waals surface area contributed by atoms with Gasteiger partial charge in [-0.15, -0.1) is 0 Å². The number of aryl methyl sites for hydroxylation is 4. The zero-order valence-electron chi connectivity index (χ0n) is 26.1. The number of carboxylic acids is 1. The van der Waals surface area contributed by atoms with E-state index in [4.69, 9.17) is 8.83 Å². The number of hydrogen-bond acceptors (Lipinski definition) is 6. The fourth-order valence-electron chi connectivity index (χ4n) is 5.91. The summed E-state index contributed by atoms with van der Waals surface area (Å²) in [6, 6.07) is 8.61. The summed E-state index contributed by atoms with van der Waals surface area (Å²) in [5.74, 6) is -0.734. The van der Waals surface area contributed by atoms with Crippen molar-refractivity contribution >= 4 is 50.6 Å². The van der Waals surface area contributed by atoms with Crippen LogP contribution in [0, 0.1) is 27.7 Å². The Labute approximate surface area is 260 Å². The minimum absolute atomic E-state index is 0.150. The van der Waals surface area contributed by atoms with Gasteiger partial charge < -0.3 is 29.6 Å². The minimum Gasteiger partial charge on any atom is -0.480 e. The maximum absolute atomic E-state index is 12.9. The predicted molar refractivity (Wildman–Crippen MR) is 173 cm³/mol. The van der Waals surface area contributed by atoms with E-state index in [1.54, 1.807) is 6.20 Å². The van der Waals surface area contributed by atoms with Gasteiger partial charge in [0, 0.05) is 64.8 Å². The van der Waals surface area contributed by atoms with Crippen LogP contribution in [0.1, 0.15) is 65.7 Å². The number of unbranched alkanes of at least 4 members (excludes halogenated alkanes) is 2. The molecule has 0 saturated carbocycles. The van der Waals surface area contributed by atoms with Gasteiger partial charge in [-0.05, 0) is 75.8 Å². The number of fused-ring (bicyclic) bond motifs is 3. The Balaban J connectivity index is 1.06. The lowest BCUT2D eigenvalue weighted by molar-refractivity contribution is -0.141. The number of hydrogen-bond donors (Lipinski definition) is 4. The Morgan fingerprint density at radius 1 is 0.867 bits per heavy atom. The number of H-pyrrole nitrogens is 1. The molecule has 3 heterocycles. The van der Waals surface area contributed by atoms with Crippen LogP contribution in [0.2, 0.25) is 0 Å². The first-order valence-corrected chi connectivity index (χ1v) is 15.3. The Morgan fingerprint density at radius 3 is 2.38 bits per heavy atom. The highest BCUT2D eigenvalue weighted by Crippen LogP contribution is 2.34. The zero-order chi connectivity index (χ0) is 32.2. The van der Waals surface area contributed by atoms with E-state index in [0.717, 1.165) is 55.3 Å². The van der Waals surface area contributed by atoms with E-state index in [-0.39, 0.29) is 37.5 Å². The van der Waals surface area contributed by atoms with Gasteiger partial charge >= 0.3 is 11.6 Å². The molecule has 0 aliphatic heterocycles. The Morgan fingerprint density at radius 2 is 1.60 bits per heavy atom. The topological polar surface area (TPSA) is 155 Å². The standard InChI is InChI=1S/C35H39N3O7/c1-19-22(4)44-32-21(3)33-27(17-26(19)32)20(2)24(35(43)45-33)13-14-30(39)36-15-9-5-6-12-31(40)38-29(34(41)42)16-23-18-37-28-11-8-7-10-25(23)28/h7-8,10-11,17-18,29,37H,5-6,9,12-16H2,1-4H3,(H,36,39)(H,38,40)(H,41,42)/t29-/m0/s1. The van der Waals surface area contributed by atoms with Crippen molar-refractivity contribution in [3.63, 3.8) is 0 Å². The highest BCUT2D eigenvalue weighted by Gasteiger charge is 2.22. The Hall–Kier alpha value is -4.86. The summed E-state index contributed by atoms with van der Waals surface area (Å²) in [5, 5.41) is 17.9. The maximum Gasteiger partial charge on any atom is 0.339 e. The normalized spacial score (nSPS) is 12.2. The number of carbonyl (C=O) groups excluding carboxylic acids is 2. The molecule has 0 bridgehead atoms. The molecule has 0 saturated heterocycles. The molecule has 2 aromatic carbocycles. The van der Waals surface area contributed by atoms with Crippen LogP contribution in [0.5, 0.6) is 0 Å². The van der Waals surface area contributed by atoms with Crippen LogP contribution in [0.3, 0.4) is 0 Å². The van der Waals surface area contributed by atoms with Crippen LogP contribution in [-0.2, 0) is 27.2 Å². The fraction of sp³-hybridized carbons (Fsp3) is 0.371. The summed E-state index contributed by atoms with van der Waals surface area (Å²) in [6.45, 7) is 8.13. The molecule has 236 valence electrons. The number of aromatic amines is 1. The quantitative estimate of drug-likeness (QED) is 0.0984. The van der Waals surface area contributed by atoms with E-state index in [0.29, 0.717) is 37.0 Å². The zero-order valence-corrected chi connectivity index (χ0v) is 26.1. The molecule has 1 atom stereocenters. The number of carboxylic acid groups (broad SMARTS) is 1. The second-order valence-electron chi connectivity index (χ2n) is 11.7. The minimum atomic E-state index is -1.08. The highest BCUT2D eigenvalue weighted by atomic mass is 16.4. The van der Waals surface area contributed by atoms with Crippen molar-refractivity contribution in [3.8, 4) is 0 Å². The second kappa shape index (κ2) is 13.4. The third-order valence-corrected chi connectivity index (χ3v) is 8.68. The van der Waals surface area contributed by atoms with Gasteiger partial charge in [0.1, 0.15) is 23.0 Å². The smallest absolute Gasteiger partial charge is 0.339 e. The molecule has 5 aromatic rings. The predicted octanol–water partition coefficient (Wildman–Crippen LogP) is 5.68. The molecule has 0 aliphatic rings. The largest absolute Gasteiger partial charge is 0.480 e. The van der Waals surface area contributed by atoms with Gasteiger partial charge in [0.15, 0.2) is 0 Å². The molecule has 0 fully saturated rings. The molecule has 0 spiro atoms. The first-order chi connectivity index (χ1) is 21.5. The Kier molecular flexibility index (Phi) is 9.41. The van der Waals surface area contributed by atoms with E-state index >= 15 is 0 Å². The third kappa shape index (κ3) is 6.79. The van der Waals surface area contributed by atoms with Crippen molar-refractivity contribution in [3.05, 3.63) is 80.5 Å². The summed E-state index contributed by atoms with van der Waals surface area (Å²) in [5.41, 5.74) is 5.67. The summed E-state index contributed by atoms with van der Waals surface area (Å²) >= 11 is 0. The number of rotatable bonds is 13. The molecule has 0 aliphatic carbocycles.